The second-order valence-corrected chi connectivity index (χ2v) is 4.31. The van der Waals surface area contributed by atoms with Gasteiger partial charge in [0.2, 0.25) is 0 Å². The molecule has 0 aliphatic carbocycles. The minimum atomic E-state index is 0.0731. The van der Waals surface area contributed by atoms with Crippen LogP contribution in [0.1, 0.15) is 29.3 Å². The van der Waals surface area contributed by atoms with Crippen LogP contribution in [0.5, 0.6) is 0 Å². The lowest BCUT2D eigenvalue weighted by Crippen LogP contribution is -2.13. The van der Waals surface area contributed by atoms with Gasteiger partial charge >= 0.3 is 0 Å². The summed E-state index contributed by atoms with van der Waals surface area (Å²) in [6.45, 7) is 2.01. The summed E-state index contributed by atoms with van der Waals surface area (Å²) in [7, 11) is 0. The van der Waals surface area contributed by atoms with Gasteiger partial charge < -0.3 is 5.73 Å². The Bertz CT molecular complexity index is 465. The lowest BCUT2D eigenvalue weighted by Gasteiger charge is -2.13. The molecule has 1 unspecified atom stereocenters. The second-order valence-electron chi connectivity index (χ2n) is 4.31. The molecule has 0 fully saturated rings. The number of hydrogen-bond acceptors (Lipinski definition) is 2. The highest BCUT2D eigenvalue weighted by Crippen LogP contribution is 2.18. The van der Waals surface area contributed by atoms with Crippen LogP contribution >= 0.6 is 0 Å². The molecule has 1 heterocycles. The molecule has 0 amide bonds. The van der Waals surface area contributed by atoms with Gasteiger partial charge in [0, 0.05) is 17.9 Å². The molecule has 0 bridgehead atoms. The number of pyridine rings is 1. The van der Waals surface area contributed by atoms with Crippen LogP contribution in [-0.2, 0) is 6.42 Å². The van der Waals surface area contributed by atoms with Gasteiger partial charge in [-0.3, -0.25) is 4.98 Å². The number of nitrogens with two attached hydrogens (primary N) is 1. The standard InChI is InChI=1S/C15H18N2/c1-12-14(8-5-11-17-12)15(16)10-9-13-6-3-2-4-7-13/h2-8,11,15H,9-10,16H2,1H3. The summed E-state index contributed by atoms with van der Waals surface area (Å²) in [5, 5.41) is 0. The molecule has 2 rings (SSSR count). The zero-order valence-electron chi connectivity index (χ0n) is 10.1. The Kier molecular flexibility index (Phi) is 3.89. The molecule has 17 heavy (non-hydrogen) atoms. The van der Waals surface area contributed by atoms with Crippen LogP contribution in [0.4, 0.5) is 0 Å². The highest BCUT2D eigenvalue weighted by atomic mass is 14.7. The quantitative estimate of drug-likeness (QED) is 0.870. The molecule has 2 N–H and O–H groups in total. The maximum absolute atomic E-state index is 6.20. The van der Waals surface area contributed by atoms with Crippen LogP contribution in [0.15, 0.2) is 48.7 Å². The average molecular weight is 226 g/mol. The molecule has 2 heteroatoms. The lowest BCUT2D eigenvalue weighted by atomic mass is 9.99. The molecular formula is C15H18N2. The average Bonchev–Trinajstić information content (AvgIpc) is 2.38. The summed E-state index contributed by atoms with van der Waals surface area (Å²) in [6, 6.07) is 14.5. The third-order valence-electron chi connectivity index (χ3n) is 3.03. The molecule has 1 aromatic carbocycles. The molecule has 88 valence electrons. The SMILES string of the molecule is Cc1ncccc1C(N)CCc1ccccc1. The fraction of sp³-hybridized carbons (Fsp3) is 0.267. The topological polar surface area (TPSA) is 38.9 Å². The van der Waals surface area contributed by atoms with E-state index in [1.807, 2.05) is 25.3 Å². The first-order chi connectivity index (χ1) is 8.27. The zero-order valence-corrected chi connectivity index (χ0v) is 10.1. The van der Waals surface area contributed by atoms with Crippen LogP contribution in [0.2, 0.25) is 0 Å². The van der Waals surface area contributed by atoms with Crippen LogP contribution in [-0.4, -0.2) is 4.98 Å². The van der Waals surface area contributed by atoms with E-state index in [1.54, 1.807) is 0 Å². The van der Waals surface area contributed by atoms with Crippen molar-refractivity contribution in [1.82, 2.24) is 4.98 Å². The Morgan fingerprint density at radius 2 is 1.88 bits per heavy atom. The van der Waals surface area contributed by atoms with E-state index in [4.69, 9.17) is 5.73 Å². The van der Waals surface area contributed by atoms with Gasteiger partial charge in [0.25, 0.3) is 0 Å². The van der Waals surface area contributed by atoms with Crippen LogP contribution < -0.4 is 5.73 Å². The summed E-state index contributed by atoms with van der Waals surface area (Å²) in [4.78, 5) is 4.28. The molecule has 0 aliphatic rings. The monoisotopic (exact) mass is 226 g/mol. The van der Waals surface area contributed by atoms with Gasteiger partial charge in [0.15, 0.2) is 0 Å². The van der Waals surface area contributed by atoms with Gasteiger partial charge in [-0.2, -0.15) is 0 Å². The van der Waals surface area contributed by atoms with Crippen molar-refractivity contribution < 1.29 is 0 Å². The lowest BCUT2D eigenvalue weighted by molar-refractivity contribution is 0.644. The number of aryl methyl sites for hydroxylation is 2. The van der Waals surface area contributed by atoms with E-state index in [-0.39, 0.29) is 6.04 Å². The number of hydrogen-bond donors (Lipinski definition) is 1. The van der Waals surface area contributed by atoms with Crippen molar-refractivity contribution in [3.05, 3.63) is 65.5 Å². The predicted molar refractivity (Wildman–Crippen MR) is 70.7 cm³/mol. The summed E-state index contributed by atoms with van der Waals surface area (Å²) in [6.07, 6.45) is 3.77. The maximum Gasteiger partial charge on any atom is 0.0420 e. The van der Waals surface area contributed by atoms with Crippen molar-refractivity contribution in [2.45, 2.75) is 25.8 Å². The van der Waals surface area contributed by atoms with Gasteiger partial charge in [0.1, 0.15) is 0 Å². The first kappa shape index (κ1) is 11.8. The fourth-order valence-corrected chi connectivity index (χ4v) is 2.01. The van der Waals surface area contributed by atoms with E-state index in [0.717, 1.165) is 24.1 Å². The summed E-state index contributed by atoms with van der Waals surface area (Å²) in [5.74, 6) is 0. The maximum atomic E-state index is 6.20. The minimum Gasteiger partial charge on any atom is -0.324 e. The van der Waals surface area contributed by atoms with Crippen molar-refractivity contribution in [2.75, 3.05) is 0 Å². The first-order valence-electron chi connectivity index (χ1n) is 5.98. The highest BCUT2D eigenvalue weighted by molar-refractivity contribution is 5.23. The normalized spacial score (nSPS) is 12.4. The van der Waals surface area contributed by atoms with E-state index < -0.39 is 0 Å². The molecule has 0 spiro atoms. The van der Waals surface area contributed by atoms with Crippen molar-refractivity contribution in [1.29, 1.82) is 0 Å². The van der Waals surface area contributed by atoms with Gasteiger partial charge in [0.05, 0.1) is 0 Å². The van der Waals surface area contributed by atoms with E-state index >= 15 is 0 Å². The smallest absolute Gasteiger partial charge is 0.0420 e. The molecule has 2 nitrogen and oxygen atoms in total. The van der Waals surface area contributed by atoms with Crippen molar-refractivity contribution in [2.24, 2.45) is 5.73 Å². The Labute approximate surface area is 103 Å². The Morgan fingerprint density at radius 3 is 2.59 bits per heavy atom. The molecule has 1 aromatic heterocycles. The molecule has 1 atom stereocenters. The minimum absolute atomic E-state index is 0.0731. The Morgan fingerprint density at radius 1 is 1.12 bits per heavy atom. The number of aromatic nitrogens is 1. The van der Waals surface area contributed by atoms with E-state index in [9.17, 15) is 0 Å². The zero-order chi connectivity index (χ0) is 12.1. The Hall–Kier alpha value is -1.67. The van der Waals surface area contributed by atoms with Gasteiger partial charge in [-0.1, -0.05) is 36.4 Å². The molecule has 0 radical (unpaired) electrons. The number of nitrogens with zero attached hydrogens (tertiary/aromatic N) is 1. The van der Waals surface area contributed by atoms with Crippen LogP contribution in [0, 0.1) is 6.92 Å². The van der Waals surface area contributed by atoms with Crippen molar-refractivity contribution in [3.63, 3.8) is 0 Å². The van der Waals surface area contributed by atoms with E-state index in [1.165, 1.54) is 5.56 Å². The van der Waals surface area contributed by atoms with Crippen molar-refractivity contribution in [3.8, 4) is 0 Å². The van der Waals surface area contributed by atoms with Gasteiger partial charge in [-0.25, -0.2) is 0 Å². The first-order valence-corrected chi connectivity index (χ1v) is 5.98. The third kappa shape index (κ3) is 3.14. The summed E-state index contributed by atoms with van der Waals surface area (Å²) < 4.78 is 0. The highest BCUT2D eigenvalue weighted by Gasteiger charge is 2.08. The largest absolute Gasteiger partial charge is 0.324 e. The molecule has 0 aliphatic heterocycles. The molecule has 0 saturated carbocycles. The summed E-state index contributed by atoms with van der Waals surface area (Å²) in [5.41, 5.74) is 9.73. The molecule has 0 saturated heterocycles. The van der Waals surface area contributed by atoms with E-state index in [2.05, 4.69) is 35.3 Å². The van der Waals surface area contributed by atoms with Crippen LogP contribution in [0.3, 0.4) is 0 Å². The number of rotatable bonds is 4. The molecule has 2 aromatic rings. The second kappa shape index (κ2) is 5.60. The van der Waals surface area contributed by atoms with Gasteiger partial charge in [-0.15, -0.1) is 0 Å². The van der Waals surface area contributed by atoms with Crippen LogP contribution in [0.25, 0.3) is 0 Å². The molecular weight excluding hydrogens is 208 g/mol. The predicted octanol–water partition coefficient (Wildman–Crippen LogP) is 3.02. The number of benzene rings is 1. The fourth-order valence-electron chi connectivity index (χ4n) is 2.01. The Balaban J connectivity index is 1.99. The summed E-state index contributed by atoms with van der Waals surface area (Å²) >= 11 is 0. The van der Waals surface area contributed by atoms with Gasteiger partial charge in [-0.05, 0) is 37.0 Å². The third-order valence-corrected chi connectivity index (χ3v) is 3.03. The van der Waals surface area contributed by atoms with Crippen molar-refractivity contribution >= 4 is 0 Å². The van der Waals surface area contributed by atoms with E-state index in [0.29, 0.717) is 0 Å².